The molecule has 0 heterocycles. The highest BCUT2D eigenvalue weighted by Gasteiger charge is 2.09. The van der Waals surface area contributed by atoms with Crippen molar-refractivity contribution in [2.24, 2.45) is 5.92 Å². The second-order valence-electron chi connectivity index (χ2n) is 4.01. The minimum atomic E-state index is 0.263. The first-order valence-corrected chi connectivity index (χ1v) is 5.23. The lowest BCUT2D eigenvalue weighted by molar-refractivity contribution is 0.0963. The number of aryl methyl sites for hydroxylation is 1. The third-order valence-electron chi connectivity index (χ3n) is 2.60. The molecule has 0 aliphatic carbocycles. The molecule has 0 radical (unpaired) electrons. The maximum Gasteiger partial charge on any atom is 0.163 e. The van der Waals surface area contributed by atoms with Crippen molar-refractivity contribution in [1.29, 1.82) is 0 Å². The number of hydrogen-bond acceptors (Lipinski definition) is 1. The van der Waals surface area contributed by atoms with E-state index >= 15 is 0 Å². The van der Waals surface area contributed by atoms with E-state index in [9.17, 15) is 4.79 Å². The van der Waals surface area contributed by atoms with Crippen LogP contribution in [0.5, 0.6) is 0 Å². The zero-order valence-electron chi connectivity index (χ0n) is 9.21. The van der Waals surface area contributed by atoms with Crippen molar-refractivity contribution in [3.05, 3.63) is 35.4 Å². The number of benzene rings is 1. The molecule has 1 heteroatoms. The van der Waals surface area contributed by atoms with Crippen molar-refractivity contribution >= 4 is 5.78 Å². The Labute approximate surface area is 86.1 Å². The van der Waals surface area contributed by atoms with Gasteiger partial charge in [-0.1, -0.05) is 50.1 Å². The number of hydrogen-bond donors (Lipinski definition) is 0. The lowest BCUT2D eigenvalue weighted by atomic mass is 9.97. The van der Waals surface area contributed by atoms with E-state index in [1.807, 2.05) is 31.2 Å². The van der Waals surface area contributed by atoms with Gasteiger partial charge in [0.1, 0.15) is 0 Å². The Bertz CT molecular complexity index is 298. The largest absolute Gasteiger partial charge is 0.294 e. The van der Waals surface area contributed by atoms with Crippen LogP contribution in [-0.4, -0.2) is 5.78 Å². The number of rotatable bonds is 4. The van der Waals surface area contributed by atoms with Gasteiger partial charge in [-0.3, -0.25) is 4.79 Å². The molecule has 1 nitrogen and oxygen atoms in total. The summed E-state index contributed by atoms with van der Waals surface area (Å²) in [6.45, 7) is 6.27. The van der Waals surface area contributed by atoms with Gasteiger partial charge < -0.3 is 0 Å². The number of Topliss-reactive ketones (excluding diaryl/α,β-unsaturated/α-hetero) is 1. The zero-order chi connectivity index (χ0) is 10.6. The Balaban J connectivity index is 2.65. The molecular formula is C13H18O. The Hall–Kier alpha value is -1.11. The number of ketones is 1. The van der Waals surface area contributed by atoms with E-state index < -0.39 is 0 Å². The van der Waals surface area contributed by atoms with Crippen molar-refractivity contribution in [2.75, 3.05) is 0 Å². The summed E-state index contributed by atoms with van der Waals surface area (Å²) in [6.07, 6.45) is 1.73. The molecular weight excluding hydrogens is 172 g/mol. The number of carbonyl (C=O) groups excluding carboxylic acids is 1. The topological polar surface area (TPSA) is 17.1 Å². The van der Waals surface area contributed by atoms with Crippen LogP contribution in [0.15, 0.2) is 24.3 Å². The van der Waals surface area contributed by atoms with Gasteiger partial charge in [0.15, 0.2) is 5.78 Å². The quantitative estimate of drug-likeness (QED) is 0.663. The van der Waals surface area contributed by atoms with Gasteiger partial charge in [-0.25, -0.2) is 0 Å². The lowest BCUT2D eigenvalue weighted by Gasteiger charge is -2.07. The summed E-state index contributed by atoms with van der Waals surface area (Å²) in [5, 5.41) is 0. The second kappa shape index (κ2) is 4.94. The van der Waals surface area contributed by atoms with E-state index in [4.69, 9.17) is 0 Å². The van der Waals surface area contributed by atoms with Crippen molar-refractivity contribution in [3.63, 3.8) is 0 Å². The highest BCUT2D eigenvalue weighted by molar-refractivity contribution is 5.96. The van der Waals surface area contributed by atoms with E-state index in [2.05, 4.69) is 13.8 Å². The van der Waals surface area contributed by atoms with E-state index in [0.717, 1.165) is 12.0 Å². The Morgan fingerprint density at radius 2 is 1.86 bits per heavy atom. The molecule has 0 aliphatic rings. The average Bonchev–Trinajstić information content (AvgIpc) is 2.18. The molecule has 0 saturated heterocycles. The molecule has 0 spiro atoms. The van der Waals surface area contributed by atoms with Crippen LogP contribution in [0.4, 0.5) is 0 Å². The van der Waals surface area contributed by atoms with E-state index in [1.54, 1.807) is 0 Å². The van der Waals surface area contributed by atoms with Gasteiger partial charge >= 0.3 is 0 Å². The van der Waals surface area contributed by atoms with Gasteiger partial charge in [0.2, 0.25) is 0 Å². The van der Waals surface area contributed by atoms with Gasteiger partial charge in [-0.2, -0.15) is 0 Å². The maximum absolute atomic E-state index is 11.7. The molecule has 0 aromatic heterocycles. The Morgan fingerprint density at radius 1 is 1.29 bits per heavy atom. The first-order valence-electron chi connectivity index (χ1n) is 5.23. The van der Waals surface area contributed by atoms with Crippen LogP contribution in [0.3, 0.4) is 0 Å². The minimum Gasteiger partial charge on any atom is -0.294 e. The molecule has 0 amide bonds. The highest BCUT2D eigenvalue weighted by Crippen LogP contribution is 2.12. The van der Waals surface area contributed by atoms with Crippen LogP contribution in [0.25, 0.3) is 0 Å². The predicted octanol–water partition coefficient (Wildman–Crippen LogP) is 3.61. The molecule has 1 aromatic rings. The van der Waals surface area contributed by atoms with Gasteiger partial charge in [0.05, 0.1) is 0 Å². The minimum absolute atomic E-state index is 0.263. The van der Waals surface area contributed by atoms with Gasteiger partial charge in [-0.05, 0) is 12.8 Å². The summed E-state index contributed by atoms with van der Waals surface area (Å²) in [6, 6.07) is 7.81. The fourth-order valence-electron chi connectivity index (χ4n) is 1.32. The molecule has 0 N–H and O–H groups in total. The van der Waals surface area contributed by atoms with Crippen molar-refractivity contribution in [2.45, 2.75) is 33.6 Å². The fraction of sp³-hybridized carbons (Fsp3) is 0.462. The molecule has 0 fully saturated rings. The monoisotopic (exact) mass is 190 g/mol. The van der Waals surface area contributed by atoms with Crippen molar-refractivity contribution < 1.29 is 4.79 Å². The maximum atomic E-state index is 11.7. The van der Waals surface area contributed by atoms with Crippen LogP contribution >= 0.6 is 0 Å². The zero-order valence-corrected chi connectivity index (χ0v) is 9.21. The highest BCUT2D eigenvalue weighted by atomic mass is 16.1. The van der Waals surface area contributed by atoms with Crippen LogP contribution in [0.1, 0.15) is 42.6 Å². The standard InChI is InChI=1S/C13H18O/c1-4-10(2)9-13(14)12-7-5-11(3)6-8-12/h5-8,10H,4,9H2,1-3H3/t10-/m0/s1. The summed E-state index contributed by atoms with van der Waals surface area (Å²) in [7, 11) is 0. The van der Waals surface area contributed by atoms with Crippen LogP contribution in [-0.2, 0) is 0 Å². The van der Waals surface area contributed by atoms with Crippen LogP contribution < -0.4 is 0 Å². The molecule has 0 aliphatic heterocycles. The summed E-state index contributed by atoms with van der Waals surface area (Å²) in [4.78, 5) is 11.7. The molecule has 1 aromatic carbocycles. The van der Waals surface area contributed by atoms with E-state index in [1.165, 1.54) is 5.56 Å². The summed E-state index contributed by atoms with van der Waals surface area (Å²) in [5.41, 5.74) is 2.04. The predicted molar refractivity (Wildman–Crippen MR) is 59.6 cm³/mol. The number of carbonyl (C=O) groups is 1. The smallest absolute Gasteiger partial charge is 0.163 e. The first-order chi connectivity index (χ1) is 6.63. The molecule has 1 atom stereocenters. The molecule has 1 rings (SSSR count). The van der Waals surface area contributed by atoms with Crippen molar-refractivity contribution in [3.8, 4) is 0 Å². The molecule has 0 unspecified atom stereocenters. The normalized spacial score (nSPS) is 12.5. The molecule has 76 valence electrons. The van der Waals surface area contributed by atoms with E-state index in [-0.39, 0.29) is 5.78 Å². The third-order valence-corrected chi connectivity index (χ3v) is 2.60. The summed E-state index contributed by atoms with van der Waals surface area (Å²) < 4.78 is 0. The van der Waals surface area contributed by atoms with Crippen LogP contribution in [0, 0.1) is 12.8 Å². The average molecular weight is 190 g/mol. The van der Waals surface area contributed by atoms with Crippen molar-refractivity contribution in [1.82, 2.24) is 0 Å². The van der Waals surface area contributed by atoms with E-state index in [0.29, 0.717) is 12.3 Å². The van der Waals surface area contributed by atoms with Crippen LogP contribution in [0.2, 0.25) is 0 Å². The van der Waals surface area contributed by atoms with Gasteiger partial charge in [0, 0.05) is 12.0 Å². The third kappa shape index (κ3) is 2.99. The second-order valence-corrected chi connectivity index (χ2v) is 4.01. The van der Waals surface area contributed by atoms with Gasteiger partial charge in [-0.15, -0.1) is 0 Å². The fourth-order valence-corrected chi connectivity index (χ4v) is 1.32. The molecule has 0 bridgehead atoms. The van der Waals surface area contributed by atoms with Gasteiger partial charge in [0.25, 0.3) is 0 Å². The Morgan fingerprint density at radius 3 is 2.36 bits per heavy atom. The lowest BCUT2D eigenvalue weighted by Crippen LogP contribution is -2.05. The summed E-state index contributed by atoms with van der Waals surface area (Å²) >= 11 is 0. The first kappa shape index (κ1) is 11.0. The SMILES string of the molecule is CC[C@H](C)CC(=O)c1ccc(C)cc1. The molecule has 0 saturated carbocycles. The molecule has 14 heavy (non-hydrogen) atoms. The Kier molecular flexibility index (Phi) is 3.87. The summed E-state index contributed by atoms with van der Waals surface area (Å²) in [5.74, 6) is 0.753.